The quantitative estimate of drug-likeness (QED) is 0.720. The summed E-state index contributed by atoms with van der Waals surface area (Å²) in [6.07, 6.45) is 0.560. The van der Waals surface area contributed by atoms with Crippen LogP contribution in [0.1, 0.15) is 25.8 Å². The summed E-state index contributed by atoms with van der Waals surface area (Å²) < 4.78 is 5.32. The molecule has 1 N–H and O–H groups in total. The maximum atomic E-state index is 10.1. The molecule has 0 aromatic heterocycles. The van der Waals surface area contributed by atoms with Crippen LogP contribution in [0.15, 0.2) is 30.3 Å². The molecule has 1 aromatic rings. The smallest absolute Gasteiger partial charge is 0.191 e. The number of ether oxygens (including phenoxy) is 1. The molecule has 0 aliphatic carbocycles. The van der Waals surface area contributed by atoms with Gasteiger partial charge in [-0.25, -0.2) is 0 Å². The van der Waals surface area contributed by atoms with Gasteiger partial charge < -0.3 is 9.84 Å². The van der Waals surface area contributed by atoms with Crippen molar-refractivity contribution in [1.29, 1.82) is 0 Å². The van der Waals surface area contributed by atoms with Crippen molar-refractivity contribution >= 4 is 0 Å². The van der Waals surface area contributed by atoms with E-state index in [1.54, 1.807) is 0 Å². The van der Waals surface area contributed by atoms with Crippen molar-refractivity contribution in [2.24, 2.45) is 0 Å². The van der Waals surface area contributed by atoms with Gasteiger partial charge in [0.15, 0.2) is 5.79 Å². The first kappa shape index (κ1) is 10.2. The van der Waals surface area contributed by atoms with Gasteiger partial charge in [0.25, 0.3) is 0 Å². The highest BCUT2D eigenvalue weighted by Gasteiger charge is 2.26. The molecule has 1 rings (SSSR count). The van der Waals surface area contributed by atoms with Gasteiger partial charge in [-0.2, -0.15) is 0 Å². The Morgan fingerprint density at radius 1 is 1.23 bits per heavy atom. The van der Waals surface area contributed by atoms with E-state index in [1.165, 1.54) is 0 Å². The lowest BCUT2D eigenvalue weighted by Gasteiger charge is -2.26. The molecule has 0 saturated heterocycles. The first-order valence-electron chi connectivity index (χ1n) is 4.64. The number of aliphatic hydroxyl groups is 1. The van der Waals surface area contributed by atoms with E-state index in [4.69, 9.17) is 4.74 Å². The molecular formula is C11H16O2. The summed E-state index contributed by atoms with van der Waals surface area (Å²) in [6.45, 7) is 4.30. The fourth-order valence-corrected chi connectivity index (χ4v) is 1.33. The van der Waals surface area contributed by atoms with E-state index in [1.807, 2.05) is 44.2 Å². The third-order valence-corrected chi connectivity index (χ3v) is 2.09. The summed E-state index contributed by atoms with van der Waals surface area (Å²) in [7, 11) is 0. The zero-order valence-corrected chi connectivity index (χ0v) is 8.16. The van der Waals surface area contributed by atoms with Crippen molar-refractivity contribution in [2.75, 3.05) is 6.61 Å². The van der Waals surface area contributed by atoms with Crippen molar-refractivity contribution in [1.82, 2.24) is 0 Å². The van der Waals surface area contributed by atoms with E-state index in [9.17, 15) is 5.11 Å². The average Bonchev–Trinajstić information content (AvgIpc) is 2.19. The molecule has 1 aromatic carbocycles. The first-order chi connectivity index (χ1) is 6.23. The minimum absolute atomic E-state index is 0.513. The van der Waals surface area contributed by atoms with Crippen molar-refractivity contribution in [2.45, 2.75) is 26.1 Å². The summed E-state index contributed by atoms with van der Waals surface area (Å²) in [5.74, 6) is -1.12. The summed E-state index contributed by atoms with van der Waals surface area (Å²) in [5.41, 5.74) is 0.819. The van der Waals surface area contributed by atoms with Crippen molar-refractivity contribution in [3.8, 4) is 0 Å². The van der Waals surface area contributed by atoms with Gasteiger partial charge in [-0.15, -0.1) is 0 Å². The maximum Gasteiger partial charge on any atom is 0.191 e. The van der Waals surface area contributed by atoms with Gasteiger partial charge >= 0.3 is 0 Å². The van der Waals surface area contributed by atoms with Crippen LogP contribution in [0, 0.1) is 0 Å². The van der Waals surface area contributed by atoms with E-state index in [2.05, 4.69) is 0 Å². The maximum absolute atomic E-state index is 10.1. The van der Waals surface area contributed by atoms with Crippen molar-refractivity contribution in [3.05, 3.63) is 35.9 Å². The molecule has 1 atom stereocenters. The van der Waals surface area contributed by atoms with Crippen molar-refractivity contribution in [3.63, 3.8) is 0 Å². The standard InChI is InChI=1S/C11H16O2/c1-3-11(12,13-4-2)10-8-6-5-7-9-10/h5-9,12H,3-4H2,1-2H3. The Kier molecular flexibility index (Phi) is 3.46. The van der Waals surface area contributed by atoms with Crippen LogP contribution >= 0.6 is 0 Å². The van der Waals surface area contributed by atoms with Gasteiger partial charge in [0.05, 0.1) is 0 Å². The summed E-state index contributed by atoms with van der Waals surface area (Å²) >= 11 is 0. The third-order valence-electron chi connectivity index (χ3n) is 2.09. The lowest BCUT2D eigenvalue weighted by atomic mass is 10.0. The summed E-state index contributed by atoms with van der Waals surface area (Å²) in [4.78, 5) is 0. The van der Waals surface area contributed by atoms with Crippen LogP contribution in [0.4, 0.5) is 0 Å². The third kappa shape index (κ3) is 2.29. The Bertz CT molecular complexity index is 246. The largest absolute Gasteiger partial charge is 0.362 e. The highest BCUT2D eigenvalue weighted by atomic mass is 16.6. The molecule has 0 amide bonds. The van der Waals surface area contributed by atoms with Crippen LogP contribution in [0.3, 0.4) is 0 Å². The average molecular weight is 180 g/mol. The van der Waals surface area contributed by atoms with Gasteiger partial charge in [0.2, 0.25) is 0 Å². The van der Waals surface area contributed by atoms with E-state index < -0.39 is 5.79 Å². The molecule has 0 aliphatic heterocycles. The molecule has 0 bridgehead atoms. The second kappa shape index (κ2) is 4.40. The fraction of sp³-hybridized carbons (Fsp3) is 0.455. The van der Waals surface area contributed by atoms with E-state index >= 15 is 0 Å². The van der Waals surface area contributed by atoms with Crippen molar-refractivity contribution < 1.29 is 9.84 Å². The van der Waals surface area contributed by atoms with Crippen LogP contribution in [-0.2, 0) is 10.5 Å². The summed E-state index contributed by atoms with van der Waals surface area (Å²) in [5, 5.41) is 10.1. The Morgan fingerprint density at radius 3 is 2.31 bits per heavy atom. The minimum atomic E-state index is -1.12. The summed E-state index contributed by atoms with van der Waals surface area (Å²) in [6, 6.07) is 9.47. The van der Waals surface area contributed by atoms with Crippen LogP contribution < -0.4 is 0 Å². The molecule has 0 saturated carbocycles. The normalized spacial score (nSPS) is 15.3. The highest BCUT2D eigenvalue weighted by Crippen LogP contribution is 2.25. The molecule has 0 fully saturated rings. The molecule has 2 nitrogen and oxygen atoms in total. The Labute approximate surface area is 79.2 Å². The molecule has 72 valence electrons. The molecule has 0 spiro atoms. The van der Waals surface area contributed by atoms with E-state index in [0.717, 1.165) is 5.56 Å². The minimum Gasteiger partial charge on any atom is -0.362 e. The SMILES string of the molecule is CCOC(O)(CC)c1ccccc1. The topological polar surface area (TPSA) is 29.5 Å². The van der Waals surface area contributed by atoms with Gasteiger partial charge in [0, 0.05) is 18.6 Å². The van der Waals surface area contributed by atoms with Crippen LogP contribution in [0.25, 0.3) is 0 Å². The molecule has 13 heavy (non-hydrogen) atoms. The van der Waals surface area contributed by atoms with Gasteiger partial charge in [-0.05, 0) is 6.92 Å². The van der Waals surface area contributed by atoms with Crippen LogP contribution in [0.2, 0.25) is 0 Å². The van der Waals surface area contributed by atoms with E-state index in [-0.39, 0.29) is 0 Å². The number of rotatable bonds is 4. The lowest BCUT2D eigenvalue weighted by molar-refractivity contribution is -0.211. The Hall–Kier alpha value is -0.860. The highest BCUT2D eigenvalue weighted by molar-refractivity contribution is 5.19. The second-order valence-corrected chi connectivity index (χ2v) is 2.94. The Balaban J connectivity index is 2.89. The zero-order valence-electron chi connectivity index (χ0n) is 8.16. The van der Waals surface area contributed by atoms with Crippen LogP contribution in [-0.4, -0.2) is 11.7 Å². The number of hydrogen-bond acceptors (Lipinski definition) is 2. The molecule has 0 aliphatic rings. The molecule has 1 unspecified atom stereocenters. The predicted molar refractivity (Wildman–Crippen MR) is 52.3 cm³/mol. The fourth-order valence-electron chi connectivity index (χ4n) is 1.33. The van der Waals surface area contributed by atoms with Gasteiger partial charge in [-0.1, -0.05) is 37.3 Å². The molecular weight excluding hydrogens is 164 g/mol. The molecule has 0 radical (unpaired) electrons. The Morgan fingerprint density at radius 2 is 1.85 bits per heavy atom. The zero-order chi connectivity index (χ0) is 9.73. The van der Waals surface area contributed by atoms with Gasteiger partial charge in [-0.3, -0.25) is 0 Å². The molecule has 2 heteroatoms. The predicted octanol–water partition coefficient (Wildman–Crippen LogP) is 2.28. The van der Waals surface area contributed by atoms with Crippen LogP contribution in [0.5, 0.6) is 0 Å². The second-order valence-electron chi connectivity index (χ2n) is 2.94. The first-order valence-corrected chi connectivity index (χ1v) is 4.64. The monoisotopic (exact) mass is 180 g/mol. The molecule has 0 heterocycles. The number of hydrogen-bond donors (Lipinski definition) is 1. The van der Waals surface area contributed by atoms with Gasteiger partial charge in [0.1, 0.15) is 0 Å². The lowest BCUT2D eigenvalue weighted by Crippen LogP contribution is -2.28. The number of benzene rings is 1. The van der Waals surface area contributed by atoms with E-state index in [0.29, 0.717) is 13.0 Å².